The van der Waals surface area contributed by atoms with Gasteiger partial charge in [0.05, 0.1) is 0 Å². The lowest BCUT2D eigenvalue weighted by atomic mass is 10.3. The fraction of sp³-hybridized carbons (Fsp3) is 0.500. The molecule has 0 aliphatic rings. The Morgan fingerprint density at radius 3 is 2.86 bits per heavy atom. The third-order valence-corrected chi connectivity index (χ3v) is 3.16. The second-order valence-electron chi connectivity index (χ2n) is 3.42. The molecule has 14 heavy (non-hydrogen) atoms. The first kappa shape index (κ1) is 11.8. The maximum absolute atomic E-state index is 5.82. The van der Waals surface area contributed by atoms with E-state index in [1.54, 1.807) is 0 Å². The lowest BCUT2D eigenvalue weighted by Gasteiger charge is -2.09. The quantitative estimate of drug-likeness (QED) is 0.585. The molecule has 4 heteroatoms. The highest BCUT2D eigenvalue weighted by atomic mass is 35.5. The van der Waals surface area contributed by atoms with Crippen molar-refractivity contribution in [2.75, 3.05) is 26.4 Å². The van der Waals surface area contributed by atoms with Crippen LogP contribution in [0.25, 0.3) is 0 Å². The lowest BCUT2D eigenvalue weighted by molar-refractivity contribution is 0.437. The molecular formula is C10H15ClN2S. The summed E-state index contributed by atoms with van der Waals surface area (Å²) >= 11 is 7.65. The molecule has 0 saturated heterocycles. The van der Waals surface area contributed by atoms with Crippen LogP contribution in [0.1, 0.15) is 5.56 Å². The molecule has 1 aromatic heterocycles. The third kappa shape index (κ3) is 3.86. The standard InChI is InChI=1S/C10H15ClN2S/c1-8-7-12-10(11)6-9(8)14-5-4-13(2)3/h6-7H,4-5H2,1-3H3. The highest BCUT2D eigenvalue weighted by Gasteiger charge is 2.01. The van der Waals surface area contributed by atoms with Crippen molar-refractivity contribution in [3.8, 4) is 0 Å². The number of aromatic nitrogens is 1. The van der Waals surface area contributed by atoms with Crippen LogP contribution in [-0.4, -0.2) is 36.3 Å². The minimum atomic E-state index is 0.572. The largest absolute Gasteiger partial charge is 0.309 e. The van der Waals surface area contributed by atoms with E-state index in [2.05, 4.69) is 30.9 Å². The highest BCUT2D eigenvalue weighted by Crippen LogP contribution is 2.23. The van der Waals surface area contributed by atoms with Crippen molar-refractivity contribution in [3.63, 3.8) is 0 Å². The van der Waals surface area contributed by atoms with Gasteiger partial charge in [0.2, 0.25) is 0 Å². The molecule has 0 aliphatic carbocycles. The van der Waals surface area contributed by atoms with Crippen LogP contribution in [0.5, 0.6) is 0 Å². The SMILES string of the molecule is Cc1cnc(Cl)cc1SCCN(C)C. The molecule has 0 bridgehead atoms. The Kier molecular flexibility index (Phi) is 4.72. The molecule has 1 aromatic rings. The molecular weight excluding hydrogens is 216 g/mol. The molecule has 0 aromatic carbocycles. The summed E-state index contributed by atoms with van der Waals surface area (Å²) in [5, 5.41) is 0.572. The van der Waals surface area contributed by atoms with Gasteiger partial charge in [-0.1, -0.05) is 11.6 Å². The molecule has 78 valence electrons. The number of nitrogens with zero attached hydrogens (tertiary/aromatic N) is 2. The molecule has 0 fully saturated rings. The Hall–Kier alpha value is -0.250. The van der Waals surface area contributed by atoms with Crippen molar-refractivity contribution in [3.05, 3.63) is 23.0 Å². The van der Waals surface area contributed by atoms with E-state index in [1.165, 1.54) is 10.5 Å². The molecule has 0 saturated carbocycles. The molecule has 0 N–H and O–H groups in total. The van der Waals surface area contributed by atoms with Gasteiger partial charge in [-0.3, -0.25) is 0 Å². The van der Waals surface area contributed by atoms with Crippen molar-refractivity contribution in [2.45, 2.75) is 11.8 Å². The molecule has 1 rings (SSSR count). The Bertz CT molecular complexity index is 302. The van der Waals surface area contributed by atoms with Crippen LogP contribution < -0.4 is 0 Å². The molecule has 1 heterocycles. The van der Waals surface area contributed by atoms with Crippen molar-refractivity contribution in [1.29, 1.82) is 0 Å². The third-order valence-electron chi connectivity index (χ3n) is 1.82. The van der Waals surface area contributed by atoms with E-state index in [0.29, 0.717) is 5.15 Å². The van der Waals surface area contributed by atoms with E-state index < -0.39 is 0 Å². The van der Waals surface area contributed by atoms with Crippen molar-refractivity contribution in [1.82, 2.24) is 9.88 Å². The van der Waals surface area contributed by atoms with Crippen LogP contribution in [0.15, 0.2) is 17.2 Å². The summed E-state index contributed by atoms with van der Waals surface area (Å²) < 4.78 is 0. The van der Waals surface area contributed by atoms with E-state index in [9.17, 15) is 0 Å². The molecule has 0 radical (unpaired) electrons. The van der Waals surface area contributed by atoms with Crippen LogP contribution in [0.2, 0.25) is 5.15 Å². The van der Waals surface area contributed by atoms with Gasteiger partial charge in [-0.15, -0.1) is 11.8 Å². The lowest BCUT2D eigenvalue weighted by Crippen LogP contribution is -2.14. The first-order chi connectivity index (χ1) is 6.59. The van der Waals surface area contributed by atoms with Gasteiger partial charge in [0.25, 0.3) is 0 Å². The molecule has 0 spiro atoms. The van der Waals surface area contributed by atoms with Crippen LogP contribution in [0.4, 0.5) is 0 Å². The number of pyridine rings is 1. The monoisotopic (exact) mass is 230 g/mol. The van der Waals surface area contributed by atoms with Crippen LogP contribution in [-0.2, 0) is 0 Å². The molecule has 2 nitrogen and oxygen atoms in total. The van der Waals surface area contributed by atoms with Crippen molar-refractivity contribution >= 4 is 23.4 Å². The van der Waals surface area contributed by atoms with Crippen molar-refractivity contribution < 1.29 is 0 Å². The predicted octanol–water partition coefficient (Wildman–Crippen LogP) is 2.70. The second-order valence-corrected chi connectivity index (χ2v) is 4.95. The summed E-state index contributed by atoms with van der Waals surface area (Å²) in [6.07, 6.45) is 1.82. The predicted molar refractivity (Wildman–Crippen MR) is 63.3 cm³/mol. The van der Waals surface area contributed by atoms with Gasteiger partial charge in [0.15, 0.2) is 0 Å². The summed E-state index contributed by atoms with van der Waals surface area (Å²) in [5.74, 6) is 1.08. The first-order valence-corrected chi connectivity index (χ1v) is 5.85. The first-order valence-electron chi connectivity index (χ1n) is 4.49. The van der Waals surface area contributed by atoms with Crippen molar-refractivity contribution in [2.24, 2.45) is 0 Å². The van der Waals surface area contributed by atoms with Gasteiger partial charge in [0.1, 0.15) is 5.15 Å². The number of rotatable bonds is 4. The summed E-state index contributed by atoms with van der Waals surface area (Å²) in [6, 6.07) is 1.93. The summed E-state index contributed by atoms with van der Waals surface area (Å²) in [4.78, 5) is 7.42. The van der Waals surface area contributed by atoms with Gasteiger partial charge in [0, 0.05) is 23.4 Å². The average molecular weight is 231 g/mol. The zero-order valence-corrected chi connectivity index (χ0v) is 10.3. The highest BCUT2D eigenvalue weighted by molar-refractivity contribution is 7.99. The van der Waals surface area contributed by atoms with Gasteiger partial charge in [-0.05, 0) is 32.6 Å². The van der Waals surface area contributed by atoms with Crippen LogP contribution in [0.3, 0.4) is 0 Å². The van der Waals surface area contributed by atoms with Crippen LogP contribution in [0, 0.1) is 6.92 Å². The Morgan fingerprint density at radius 1 is 1.50 bits per heavy atom. The van der Waals surface area contributed by atoms with Crippen LogP contribution >= 0.6 is 23.4 Å². The molecule has 0 atom stereocenters. The molecule has 0 amide bonds. The fourth-order valence-electron chi connectivity index (χ4n) is 0.975. The maximum atomic E-state index is 5.82. The second kappa shape index (κ2) is 5.59. The van der Waals surface area contributed by atoms with E-state index in [0.717, 1.165) is 12.3 Å². The summed E-state index contributed by atoms with van der Waals surface area (Å²) in [5.41, 5.74) is 1.19. The van der Waals surface area contributed by atoms with Gasteiger partial charge >= 0.3 is 0 Å². The number of hydrogen-bond donors (Lipinski definition) is 0. The van der Waals surface area contributed by atoms with Gasteiger partial charge < -0.3 is 4.90 Å². The van der Waals surface area contributed by atoms with E-state index in [-0.39, 0.29) is 0 Å². The van der Waals surface area contributed by atoms with E-state index in [1.807, 2.05) is 24.0 Å². The zero-order valence-electron chi connectivity index (χ0n) is 8.75. The zero-order chi connectivity index (χ0) is 10.6. The van der Waals surface area contributed by atoms with Gasteiger partial charge in [-0.25, -0.2) is 4.98 Å². The molecule has 0 aliphatic heterocycles. The van der Waals surface area contributed by atoms with E-state index >= 15 is 0 Å². The Labute approximate surface area is 94.7 Å². The number of thioether (sulfide) groups is 1. The summed E-state index contributed by atoms with van der Waals surface area (Å²) in [7, 11) is 4.15. The average Bonchev–Trinajstić information content (AvgIpc) is 2.10. The maximum Gasteiger partial charge on any atom is 0.130 e. The van der Waals surface area contributed by atoms with E-state index in [4.69, 9.17) is 11.6 Å². The minimum Gasteiger partial charge on any atom is -0.309 e. The molecule has 0 unspecified atom stereocenters. The Balaban J connectivity index is 2.53. The topological polar surface area (TPSA) is 16.1 Å². The number of aryl methyl sites for hydroxylation is 1. The number of hydrogen-bond acceptors (Lipinski definition) is 3. The Morgan fingerprint density at radius 2 is 2.21 bits per heavy atom. The smallest absolute Gasteiger partial charge is 0.130 e. The summed E-state index contributed by atoms with van der Waals surface area (Å²) in [6.45, 7) is 3.13. The fourth-order valence-corrected chi connectivity index (χ4v) is 2.35. The normalized spacial score (nSPS) is 10.9. The number of halogens is 1. The minimum absolute atomic E-state index is 0.572. The van der Waals surface area contributed by atoms with Gasteiger partial charge in [-0.2, -0.15) is 0 Å².